The van der Waals surface area contributed by atoms with E-state index in [1.807, 2.05) is 14.1 Å². The van der Waals surface area contributed by atoms with Gasteiger partial charge in [0.05, 0.1) is 17.2 Å². The highest BCUT2D eigenvalue weighted by Crippen LogP contribution is 2.33. The van der Waals surface area contributed by atoms with Crippen LogP contribution in [0.3, 0.4) is 0 Å². The summed E-state index contributed by atoms with van der Waals surface area (Å²) in [5.74, 6) is 0. The number of hydrogen-bond donors (Lipinski definition) is 3. The fourth-order valence-corrected chi connectivity index (χ4v) is 2.15. The van der Waals surface area contributed by atoms with E-state index >= 15 is 0 Å². The highest BCUT2D eigenvalue weighted by atomic mass is 15.2. The third kappa shape index (κ3) is 2.34. The summed E-state index contributed by atoms with van der Waals surface area (Å²) in [6.07, 6.45) is 6.91. The molecule has 4 heteroatoms. The van der Waals surface area contributed by atoms with Gasteiger partial charge in [-0.1, -0.05) is 19.1 Å². The molecule has 0 radical (unpaired) electrons. The molecular weight excluding hydrogens is 188 g/mol. The summed E-state index contributed by atoms with van der Waals surface area (Å²) in [6, 6.07) is 2.18. The molecule has 84 valence electrons. The Balaban J connectivity index is 2.99. The Morgan fingerprint density at radius 3 is 2.60 bits per heavy atom. The molecular formula is C11H20N4. The Kier molecular flexibility index (Phi) is 3.80. The molecule has 0 heterocycles. The summed E-state index contributed by atoms with van der Waals surface area (Å²) < 4.78 is 0. The summed E-state index contributed by atoms with van der Waals surface area (Å²) in [5, 5.41) is 13.6. The van der Waals surface area contributed by atoms with Crippen molar-refractivity contribution in [3.8, 4) is 0 Å². The summed E-state index contributed by atoms with van der Waals surface area (Å²) in [7, 11) is 3.90. The topological polar surface area (TPSA) is 60.3 Å². The lowest BCUT2D eigenvalue weighted by molar-refractivity contribution is 0.215. The molecule has 15 heavy (non-hydrogen) atoms. The smallest absolute Gasteiger partial charge is 0.0925 e. The van der Waals surface area contributed by atoms with E-state index in [9.17, 15) is 0 Å². The third-order valence-electron chi connectivity index (χ3n) is 3.35. The van der Waals surface area contributed by atoms with Crippen molar-refractivity contribution in [3.05, 3.63) is 12.2 Å². The SMILES string of the molecule is CCC1(N=C=N)C=CCC(NC)(NC)C1. The Bertz CT molecular complexity index is 287. The molecule has 0 spiro atoms. The predicted molar refractivity (Wildman–Crippen MR) is 62.4 cm³/mol. The van der Waals surface area contributed by atoms with Crippen molar-refractivity contribution >= 4 is 6.01 Å². The summed E-state index contributed by atoms with van der Waals surface area (Å²) in [5.41, 5.74) is -0.378. The average Bonchev–Trinajstić information content (AvgIpc) is 2.29. The van der Waals surface area contributed by atoms with E-state index < -0.39 is 0 Å². The number of rotatable bonds is 4. The number of aliphatic imine (C=N–C) groups is 1. The minimum Gasteiger partial charge on any atom is -0.302 e. The first-order chi connectivity index (χ1) is 7.16. The van der Waals surface area contributed by atoms with Gasteiger partial charge in [0.1, 0.15) is 0 Å². The van der Waals surface area contributed by atoms with Crippen LogP contribution in [0.25, 0.3) is 0 Å². The van der Waals surface area contributed by atoms with E-state index in [2.05, 4.69) is 40.7 Å². The molecule has 1 rings (SSSR count). The molecule has 1 atom stereocenters. The normalized spacial score (nSPS) is 28.5. The van der Waals surface area contributed by atoms with Crippen molar-refractivity contribution in [2.45, 2.75) is 37.4 Å². The number of nitrogens with zero attached hydrogens (tertiary/aromatic N) is 1. The largest absolute Gasteiger partial charge is 0.302 e. The Labute approximate surface area is 91.4 Å². The van der Waals surface area contributed by atoms with Crippen LogP contribution in [0.4, 0.5) is 0 Å². The zero-order chi connectivity index (χ0) is 11.4. The first kappa shape index (κ1) is 12.1. The lowest BCUT2D eigenvalue weighted by Gasteiger charge is -2.42. The monoisotopic (exact) mass is 208 g/mol. The van der Waals surface area contributed by atoms with Crippen LogP contribution in [0.15, 0.2) is 17.1 Å². The molecule has 1 unspecified atom stereocenters. The first-order valence-corrected chi connectivity index (χ1v) is 5.35. The van der Waals surface area contributed by atoms with E-state index in [4.69, 9.17) is 5.41 Å². The van der Waals surface area contributed by atoms with Gasteiger partial charge in [-0.15, -0.1) is 0 Å². The fraction of sp³-hybridized carbons (Fsp3) is 0.727. The van der Waals surface area contributed by atoms with Crippen LogP contribution in [-0.4, -0.2) is 31.3 Å². The maximum atomic E-state index is 7.02. The van der Waals surface area contributed by atoms with E-state index in [-0.39, 0.29) is 11.2 Å². The average molecular weight is 208 g/mol. The zero-order valence-electron chi connectivity index (χ0n) is 9.72. The van der Waals surface area contributed by atoms with Crippen molar-refractivity contribution in [1.29, 1.82) is 5.41 Å². The van der Waals surface area contributed by atoms with Crippen LogP contribution >= 0.6 is 0 Å². The van der Waals surface area contributed by atoms with Gasteiger partial charge in [-0.2, -0.15) is 0 Å². The highest BCUT2D eigenvalue weighted by molar-refractivity contribution is 5.39. The Morgan fingerprint density at radius 2 is 2.13 bits per heavy atom. The van der Waals surface area contributed by atoms with E-state index in [0.29, 0.717) is 0 Å². The van der Waals surface area contributed by atoms with Gasteiger partial charge in [-0.05, 0) is 26.9 Å². The molecule has 0 saturated heterocycles. The molecule has 0 fully saturated rings. The number of nitrogens with one attached hydrogen (secondary N) is 3. The van der Waals surface area contributed by atoms with Crippen LogP contribution in [0.1, 0.15) is 26.2 Å². The summed E-state index contributed by atoms with van der Waals surface area (Å²) in [4.78, 5) is 4.17. The minimum atomic E-state index is -0.272. The van der Waals surface area contributed by atoms with Crippen molar-refractivity contribution in [2.75, 3.05) is 14.1 Å². The van der Waals surface area contributed by atoms with Gasteiger partial charge in [-0.25, -0.2) is 10.4 Å². The van der Waals surface area contributed by atoms with E-state index in [0.717, 1.165) is 19.3 Å². The van der Waals surface area contributed by atoms with Gasteiger partial charge in [0.15, 0.2) is 0 Å². The quantitative estimate of drug-likeness (QED) is 0.371. The molecule has 0 aromatic rings. The summed E-state index contributed by atoms with van der Waals surface area (Å²) in [6.45, 7) is 2.09. The third-order valence-corrected chi connectivity index (χ3v) is 3.35. The molecule has 1 aliphatic carbocycles. The molecule has 0 aliphatic heterocycles. The highest BCUT2D eigenvalue weighted by Gasteiger charge is 2.39. The summed E-state index contributed by atoms with van der Waals surface area (Å²) >= 11 is 0. The van der Waals surface area contributed by atoms with Gasteiger partial charge < -0.3 is 10.6 Å². The molecule has 4 nitrogen and oxygen atoms in total. The van der Waals surface area contributed by atoms with Gasteiger partial charge in [0.25, 0.3) is 0 Å². The maximum Gasteiger partial charge on any atom is 0.0925 e. The van der Waals surface area contributed by atoms with E-state index in [1.165, 1.54) is 0 Å². The van der Waals surface area contributed by atoms with Crippen LogP contribution in [0, 0.1) is 5.41 Å². The molecule has 3 N–H and O–H groups in total. The van der Waals surface area contributed by atoms with Gasteiger partial charge in [-0.3, -0.25) is 0 Å². The zero-order valence-corrected chi connectivity index (χ0v) is 9.72. The van der Waals surface area contributed by atoms with Crippen LogP contribution in [0.2, 0.25) is 0 Å². The lowest BCUT2D eigenvalue weighted by Crippen LogP contribution is -2.58. The molecule has 0 saturated carbocycles. The second-order valence-corrected chi connectivity index (χ2v) is 4.05. The van der Waals surface area contributed by atoms with Crippen molar-refractivity contribution in [2.24, 2.45) is 4.99 Å². The first-order valence-electron chi connectivity index (χ1n) is 5.35. The molecule has 0 aromatic heterocycles. The van der Waals surface area contributed by atoms with Crippen LogP contribution in [-0.2, 0) is 0 Å². The lowest BCUT2D eigenvalue weighted by atomic mass is 9.79. The van der Waals surface area contributed by atoms with Crippen molar-refractivity contribution in [3.63, 3.8) is 0 Å². The molecule has 0 aromatic carbocycles. The molecule has 0 amide bonds. The predicted octanol–water partition coefficient (Wildman–Crippen LogP) is 1.37. The van der Waals surface area contributed by atoms with Gasteiger partial charge in [0, 0.05) is 6.42 Å². The Morgan fingerprint density at radius 1 is 1.47 bits per heavy atom. The van der Waals surface area contributed by atoms with Crippen molar-refractivity contribution in [1.82, 2.24) is 10.6 Å². The maximum absolute atomic E-state index is 7.02. The Hall–Kier alpha value is -0.960. The second kappa shape index (κ2) is 4.71. The fourth-order valence-electron chi connectivity index (χ4n) is 2.15. The number of hydrogen-bond acceptors (Lipinski definition) is 4. The second-order valence-electron chi connectivity index (χ2n) is 4.05. The minimum absolute atomic E-state index is 0.106. The van der Waals surface area contributed by atoms with Crippen LogP contribution < -0.4 is 10.6 Å². The van der Waals surface area contributed by atoms with Crippen LogP contribution in [0.5, 0.6) is 0 Å². The standard InChI is InChI=1S/C11H20N4/c1-4-10(15-9-12)6-5-7-11(8-10,13-2)14-3/h5-6,12-14H,4,7-8H2,1-3H3. The van der Waals surface area contributed by atoms with Gasteiger partial charge in [0.2, 0.25) is 0 Å². The van der Waals surface area contributed by atoms with E-state index in [1.54, 1.807) is 0 Å². The molecule has 0 bridgehead atoms. The molecule has 1 aliphatic rings. The van der Waals surface area contributed by atoms with Crippen molar-refractivity contribution < 1.29 is 0 Å². The van der Waals surface area contributed by atoms with Gasteiger partial charge >= 0.3 is 0 Å².